The van der Waals surface area contributed by atoms with Crippen LogP contribution in [0.5, 0.6) is 0 Å². The Balaban J connectivity index is 1.20. The van der Waals surface area contributed by atoms with E-state index >= 15 is 0 Å². The number of pyridine rings is 1. The van der Waals surface area contributed by atoms with Crippen molar-refractivity contribution < 1.29 is 8.83 Å². The largest absolute Gasteiger partial charge is 0.456 e. The molecule has 4 heterocycles. The lowest BCUT2D eigenvalue weighted by molar-refractivity contribution is 0.668. The lowest BCUT2D eigenvalue weighted by Gasteiger charge is -2.13. The minimum Gasteiger partial charge on any atom is -0.456 e. The first-order valence-electron chi connectivity index (χ1n) is 17.4. The summed E-state index contributed by atoms with van der Waals surface area (Å²) in [6.45, 7) is 0. The second kappa shape index (κ2) is 11.2. The molecule has 0 aliphatic rings. The lowest BCUT2D eigenvalue weighted by Crippen LogP contribution is -1.97. The highest BCUT2D eigenvalue weighted by Crippen LogP contribution is 2.43. The normalized spacial score (nSPS) is 11.8. The molecule has 0 aliphatic carbocycles. The second-order valence-electron chi connectivity index (χ2n) is 13.1. The van der Waals surface area contributed by atoms with Crippen molar-refractivity contribution in [3.05, 3.63) is 164 Å². The van der Waals surface area contributed by atoms with E-state index in [-0.39, 0.29) is 0 Å². The molecule has 0 N–H and O–H groups in total. The molecule has 5 nitrogen and oxygen atoms in total. The van der Waals surface area contributed by atoms with E-state index in [1.54, 1.807) is 0 Å². The van der Waals surface area contributed by atoms with Crippen molar-refractivity contribution in [1.29, 1.82) is 0 Å². The van der Waals surface area contributed by atoms with Gasteiger partial charge in [0.25, 0.3) is 0 Å². The number of para-hydroxylation sites is 2. The quantitative estimate of drug-likeness (QED) is 0.175. The van der Waals surface area contributed by atoms with Gasteiger partial charge >= 0.3 is 0 Å². The number of furan rings is 2. The van der Waals surface area contributed by atoms with Crippen LogP contribution in [0.25, 0.3) is 111 Å². The number of rotatable bonds is 4. The van der Waals surface area contributed by atoms with Crippen molar-refractivity contribution in [2.45, 2.75) is 0 Å². The van der Waals surface area contributed by atoms with Crippen LogP contribution < -0.4 is 0 Å². The van der Waals surface area contributed by atoms with E-state index in [0.29, 0.717) is 5.82 Å². The van der Waals surface area contributed by atoms with Gasteiger partial charge in [-0.2, -0.15) is 0 Å². The van der Waals surface area contributed by atoms with Gasteiger partial charge in [-0.05, 0) is 42.5 Å². The topological polar surface area (TPSA) is 65.0 Å². The van der Waals surface area contributed by atoms with Crippen molar-refractivity contribution in [3.63, 3.8) is 0 Å². The molecule has 0 fully saturated rings. The zero-order valence-electron chi connectivity index (χ0n) is 27.7. The van der Waals surface area contributed by atoms with E-state index in [4.69, 9.17) is 23.8 Å². The van der Waals surface area contributed by atoms with Gasteiger partial charge in [0, 0.05) is 60.0 Å². The smallest absolute Gasteiger partial charge is 0.160 e. The fourth-order valence-electron chi connectivity index (χ4n) is 7.72. The standard InChI is InChI=1S/C47H27N3O2/c1-3-12-28(13-4-1)46-35-24-25-42-45(34-17-8-10-20-40(34)52-42)44(35)32-23-22-30(26-37(32)48-46)36-27-38(50-47(49-36)29-14-5-2-6-15-29)31-18-11-21-41-43(31)33-16-7-9-19-39(33)51-41/h1-27H. The summed E-state index contributed by atoms with van der Waals surface area (Å²) in [5.41, 5.74) is 10.8. The summed E-state index contributed by atoms with van der Waals surface area (Å²) in [7, 11) is 0. The Morgan fingerprint density at radius 2 is 0.962 bits per heavy atom. The lowest BCUT2D eigenvalue weighted by atomic mass is 9.95. The minimum atomic E-state index is 0.654. The predicted octanol–water partition coefficient (Wildman–Crippen LogP) is 12.6. The molecule has 0 saturated heterocycles. The van der Waals surface area contributed by atoms with Crippen LogP contribution in [0, 0.1) is 0 Å². The summed E-state index contributed by atoms with van der Waals surface area (Å²) in [6.07, 6.45) is 0. The van der Waals surface area contributed by atoms with Crippen molar-refractivity contribution >= 4 is 65.6 Å². The van der Waals surface area contributed by atoms with Crippen LogP contribution in [0.2, 0.25) is 0 Å². The summed E-state index contributed by atoms with van der Waals surface area (Å²) in [4.78, 5) is 15.7. The Morgan fingerprint density at radius 3 is 1.73 bits per heavy atom. The fourth-order valence-corrected chi connectivity index (χ4v) is 7.72. The summed E-state index contributed by atoms with van der Waals surface area (Å²) in [5.74, 6) is 0.654. The maximum absolute atomic E-state index is 6.37. The summed E-state index contributed by atoms with van der Waals surface area (Å²) in [5, 5.41) is 7.56. The molecule has 0 bridgehead atoms. The van der Waals surface area contributed by atoms with Crippen LogP contribution >= 0.6 is 0 Å². The number of aromatic nitrogens is 3. The van der Waals surface area contributed by atoms with Gasteiger partial charge in [-0.1, -0.05) is 121 Å². The monoisotopic (exact) mass is 665 g/mol. The first kappa shape index (κ1) is 28.7. The van der Waals surface area contributed by atoms with Crippen LogP contribution in [-0.2, 0) is 0 Å². The molecular formula is C47H27N3O2. The molecule has 0 saturated carbocycles. The first-order valence-corrected chi connectivity index (χ1v) is 17.4. The summed E-state index contributed by atoms with van der Waals surface area (Å²) >= 11 is 0. The maximum atomic E-state index is 6.37. The molecule has 0 spiro atoms. The molecule has 52 heavy (non-hydrogen) atoms. The molecule has 0 radical (unpaired) electrons. The molecule has 0 atom stereocenters. The Bertz CT molecular complexity index is 3180. The van der Waals surface area contributed by atoms with Crippen LogP contribution in [0.4, 0.5) is 0 Å². The van der Waals surface area contributed by atoms with Crippen LogP contribution in [0.1, 0.15) is 0 Å². The molecule has 242 valence electrons. The van der Waals surface area contributed by atoms with Crippen LogP contribution in [0.3, 0.4) is 0 Å². The molecule has 4 aromatic heterocycles. The van der Waals surface area contributed by atoms with Gasteiger partial charge < -0.3 is 8.83 Å². The van der Waals surface area contributed by atoms with Crippen molar-refractivity contribution in [1.82, 2.24) is 15.0 Å². The fraction of sp³-hybridized carbons (Fsp3) is 0. The van der Waals surface area contributed by atoms with E-state index in [2.05, 4.69) is 97.1 Å². The Labute approximate surface area is 297 Å². The van der Waals surface area contributed by atoms with Gasteiger partial charge in [0.05, 0.1) is 22.6 Å². The number of fused-ring (bicyclic) bond motifs is 10. The van der Waals surface area contributed by atoms with E-state index < -0.39 is 0 Å². The third-order valence-electron chi connectivity index (χ3n) is 10.1. The van der Waals surface area contributed by atoms with E-state index in [1.165, 1.54) is 0 Å². The van der Waals surface area contributed by atoms with E-state index in [1.807, 2.05) is 66.7 Å². The number of benzene rings is 7. The Kier molecular flexibility index (Phi) is 6.18. The zero-order chi connectivity index (χ0) is 34.2. The predicted molar refractivity (Wildman–Crippen MR) is 211 cm³/mol. The highest BCUT2D eigenvalue weighted by molar-refractivity contribution is 6.28. The molecule has 0 unspecified atom stereocenters. The SMILES string of the molecule is c1ccc(-c2nc(-c3ccc4c(c3)nc(-c3ccccc3)c3ccc5oc6ccccc6c5c34)cc(-c3cccc4oc5ccccc5c34)n2)cc1. The maximum Gasteiger partial charge on any atom is 0.160 e. The molecule has 11 rings (SSSR count). The molecule has 0 amide bonds. The zero-order valence-corrected chi connectivity index (χ0v) is 27.7. The second-order valence-corrected chi connectivity index (χ2v) is 13.1. The highest BCUT2D eigenvalue weighted by Gasteiger charge is 2.20. The van der Waals surface area contributed by atoms with Gasteiger partial charge in [-0.3, -0.25) is 0 Å². The van der Waals surface area contributed by atoms with E-state index in [9.17, 15) is 0 Å². The van der Waals surface area contributed by atoms with Gasteiger partial charge in [0.1, 0.15) is 22.3 Å². The molecule has 0 aliphatic heterocycles. The Morgan fingerprint density at radius 1 is 0.346 bits per heavy atom. The van der Waals surface area contributed by atoms with Gasteiger partial charge in [0.2, 0.25) is 0 Å². The van der Waals surface area contributed by atoms with Gasteiger partial charge in [0.15, 0.2) is 5.82 Å². The molecule has 7 aromatic carbocycles. The number of nitrogens with zero attached hydrogens (tertiary/aromatic N) is 3. The minimum absolute atomic E-state index is 0.654. The number of hydrogen-bond acceptors (Lipinski definition) is 5. The third kappa shape index (κ3) is 4.39. The molecule has 5 heteroatoms. The highest BCUT2D eigenvalue weighted by atomic mass is 16.3. The third-order valence-corrected chi connectivity index (χ3v) is 10.1. The van der Waals surface area contributed by atoms with Crippen LogP contribution in [-0.4, -0.2) is 15.0 Å². The average Bonchev–Trinajstić information content (AvgIpc) is 3.79. The van der Waals surface area contributed by atoms with Crippen molar-refractivity contribution in [2.24, 2.45) is 0 Å². The van der Waals surface area contributed by atoms with Gasteiger partial charge in [-0.15, -0.1) is 0 Å². The molecular weight excluding hydrogens is 639 g/mol. The van der Waals surface area contributed by atoms with Crippen molar-refractivity contribution in [2.75, 3.05) is 0 Å². The Hall–Kier alpha value is -7.11. The summed E-state index contributed by atoms with van der Waals surface area (Å²) < 4.78 is 12.6. The average molecular weight is 666 g/mol. The summed E-state index contributed by atoms with van der Waals surface area (Å²) in [6, 6.07) is 56.0. The molecule has 11 aromatic rings. The van der Waals surface area contributed by atoms with E-state index in [0.717, 1.165) is 105 Å². The van der Waals surface area contributed by atoms with Crippen molar-refractivity contribution in [3.8, 4) is 45.2 Å². The van der Waals surface area contributed by atoms with Crippen LogP contribution in [0.15, 0.2) is 173 Å². The van der Waals surface area contributed by atoms with Gasteiger partial charge in [-0.25, -0.2) is 15.0 Å². The number of hydrogen-bond donors (Lipinski definition) is 0. The first-order chi connectivity index (χ1) is 25.8.